The second-order valence-corrected chi connectivity index (χ2v) is 10.7. The number of halogens is 1. The fourth-order valence-corrected chi connectivity index (χ4v) is 5.86. The Labute approximate surface area is 238 Å². The third kappa shape index (κ3) is 5.43. The number of nitrogens with one attached hydrogen (secondary N) is 2. The molecular formula is C21H26FN9O9P2. The van der Waals surface area contributed by atoms with Crippen molar-refractivity contribution in [3.63, 3.8) is 0 Å². The predicted molar refractivity (Wildman–Crippen MR) is 145 cm³/mol. The van der Waals surface area contributed by atoms with Gasteiger partial charge in [-0.1, -0.05) is 0 Å². The van der Waals surface area contributed by atoms with Gasteiger partial charge in [0.05, 0.1) is 44.9 Å². The number of nitrogen functional groups attached to an aromatic ring is 1. The van der Waals surface area contributed by atoms with Crippen LogP contribution in [0.4, 0.5) is 10.3 Å². The molecule has 2 unspecified atom stereocenters. The summed E-state index contributed by atoms with van der Waals surface area (Å²) < 4.78 is 46.5. The Morgan fingerprint density at radius 1 is 1.07 bits per heavy atom. The van der Waals surface area contributed by atoms with Crippen LogP contribution in [-0.2, 0) is 27.9 Å². The van der Waals surface area contributed by atoms with Gasteiger partial charge in [0.2, 0.25) is 5.95 Å². The molecule has 4 aromatic heterocycles. The maximum Gasteiger partial charge on any atom is 0.280 e. The lowest BCUT2D eigenvalue weighted by Crippen LogP contribution is -2.31. The number of fused-ring (bicyclic) bond motifs is 2. The van der Waals surface area contributed by atoms with Crippen molar-refractivity contribution in [1.82, 2.24) is 39.0 Å². The van der Waals surface area contributed by atoms with Gasteiger partial charge in [-0.3, -0.25) is 29.0 Å². The Kier molecular flexibility index (Phi) is 8.53. The quantitative estimate of drug-likeness (QED) is 0.0751. The molecule has 21 heteroatoms. The van der Waals surface area contributed by atoms with Crippen molar-refractivity contribution >= 4 is 46.8 Å². The van der Waals surface area contributed by atoms with E-state index in [2.05, 4.69) is 44.3 Å². The van der Waals surface area contributed by atoms with Crippen LogP contribution in [0.2, 0.25) is 0 Å². The average molecular weight is 629 g/mol. The minimum atomic E-state index is -1.79. The number of H-pyrrole nitrogens is 2. The van der Waals surface area contributed by atoms with E-state index in [0.29, 0.717) is 12.1 Å². The van der Waals surface area contributed by atoms with E-state index in [9.17, 15) is 14.8 Å². The van der Waals surface area contributed by atoms with Gasteiger partial charge in [0.15, 0.2) is 49.9 Å². The first kappa shape index (κ1) is 29.1. The number of aromatic amines is 2. The van der Waals surface area contributed by atoms with Crippen LogP contribution in [0.15, 0.2) is 28.6 Å². The molecule has 42 heavy (non-hydrogen) atoms. The topological polar surface area (TPSA) is 229 Å². The van der Waals surface area contributed by atoms with Crippen molar-refractivity contribution in [2.24, 2.45) is 5.92 Å². The van der Waals surface area contributed by atoms with Gasteiger partial charge in [0, 0.05) is 21.8 Å². The zero-order valence-corrected chi connectivity index (χ0v) is 23.7. The van der Waals surface area contributed by atoms with Crippen molar-refractivity contribution in [3.05, 3.63) is 39.7 Å². The molecule has 226 valence electrons. The molecule has 0 aromatic carbocycles. The summed E-state index contributed by atoms with van der Waals surface area (Å²) in [4.78, 5) is 49.6. The van der Waals surface area contributed by atoms with E-state index >= 15 is 4.39 Å². The fourth-order valence-electron chi connectivity index (χ4n) is 5.07. The third-order valence-electron chi connectivity index (χ3n) is 7.07. The molecule has 6 heterocycles. The second-order valence-electron chi connectivity index (χ2n) is 9.57. The highest BCUT2D eigenvalue weighted by Crippen LogP contribution is 2.38. The van der Waals surface area contributed by atoms with Gasteiger partial charge in [-0.2, -0.15) is 4.98 Å². The maximum atomic E-state index is 15.1. The highest BCUT2D eigenvalue weighted by molar-refractivity contribution is 7.26. The van der Waals surface area contributed by atoms with Crippen LogP contribution in [-0.4, -0.2) is 88.6 Å². The second kappa shape index (κ2) is 12.3. The van der Waals surface area contributed by atoms with Gasteiger partial charge in [-0.05, 0) is 0 Å². The Bertz CT molecular complexity index is 1670. The molecule has 6 rings (SSSR count). The molecule has 18 nitrogen and oxygen atoms in total. The zero-order valence-electron chi connectivity index (χ0n) is 21.5. The van der Waals surface area contributed by atoms with Gasteiger partial charge in [0.1, 0.15) is 12.3 Å². The van der Waals surface area contributed by atoms with Gasteiger partial charge >= 0.3 is 0 Å². The monoisotopic (exact) mass is 629 g/mol. The summed E-state index contributed by atoms with van der Waals surface area (Å²) in [6, 6.07) is 0. The van der Waals surface area contributed by atoms with Crippen molar-refractivity contribution in [3.8, 4) is 0 Å². The van der Waals surface area contributed by atoms with E-state index in [-0.39, 0.29) is 60.0 Å². The lowest BCUT2D eigenvalue weighted by atomic mass is 10.0. The minimum Gasteiger partial charge on any atom is -0.369 e. The van der Waals surface area contributed by atoms with E-state index in [0.717, 1.165) is 0 Å². The SMILES string of the molecule is Nc1nc2c(ncn2[C@@H]2O[C@H](COPOC[C@H]3C[C@H](n4cnc5c(=O)[nH]cnc54)O[C@@H]3COP)[C@@H](F)[C@H]2OO)c(=O)[nH]1. The first-order valence-corrected chi connectivity index (χ1v) is 13.9. The van der Waals surface area contributed by atoms with Gasteiger partial charge in [-0.15, -0.1) is 0 Å². The fraction of sp³-hybridized carbons (Fsp3) is 0.524. The van der Waals surface area contributed by atoms with Crippen LogP contribution >= 0.6 is 18.5 Å². The molecule has 9 atom stereocenters. The number of imidazole rings is 2. The Hall–Kier alpha value is -2.99. The van der Waals surface area contributed by atoms with Crippen LogP contribution < -0.4 is 16.9 Å². The first-order chi connectivity index (χ1) is 20.4. The summed E-state index contributed by atoms with van der Waals surface area (Å²) in [7, 11) is 1.72. The summed E-state index contributed by atoms with van der Waals surface area (Å²) in [5.41, 5.74) is 5.30. The Morgan fingerprint density at radius 2 is 1.83 bits per heavy atom. The average Bonchev–Trinajstić information content (AvgIpc) is 3.74. The normalized spacial score (nSPS) is 28.2. The molecule has 0 bridgehead atoms. The Morgan fingerprint density at radius 3 is 2.62 bits per heavy atom. The molecule has 0 radical (unpaired) electrons. The van der Waals surface area contributed by atoms with Crippen molar-refractivity contribution in [2.75, 3.05) is 25.6 Å². The molecule has 0 saturated carbocycles. The van der Waals surface area contributed by atoms with Gasteiger partial charge in [0.25, 0.3) is 11.1 Å². The maximum absolute atomic E-state index is 15.1. The Balaban J connectivity index is 1.04. The number of alkyl halides is 1. The van der Waals surface area contributed by atoms with Crippen LogP contribution in [0.3, 0.4) is 0 Å². The lowest BCUT2D eigenvalue weighted by Gasteiger charge is -2.18. The van der Waals surface area contributed by atoms with E-state index in [1.807, 2.05) is 0 Å². The van der Waals surface area contributed by atoms with Crippen molar-refractivity contribution in [1.29, 1.82) is 0 Å². The molecule has 2 aliphatic heterocycles. The summed E-state index contributed by atoms with van der Waals surface area (Å²) >= 11 is 0. The van der Waals surface area contributed by atoms with E-state index in [4.69, 9.17) is 28.8 Å². The van der Waals surface area contributed by atoms with Crippen LogP contribution in [0.5, 0.6) is 0 Å². The number of aromatic nitrogens is 8. The number of nitrogens with zero attached hydrogens (tertiary/aromatic N) is 6. The number of anilines is 1. The van der Waals surface area contributed by atoms with E-state index in [1.54, 1.807) is 4.57 Å². The molecule has 5 N–H and O–H groups in total. The van der Waals surface area contributed by atoms with Crippen LogP contribution in [0, 0.1) is 5.92 Å². The van der Waals surface area contributed by atoms with Crippen LogP contribution in [0.1, 0.15) is 18.9 Å². The van der Waals surface area contributed by atoms with Crippen molar-refractivity contribution < 1.29 is 37.6 Å². The molecule has 2 saturated heterocycles. The smallest absolute Gasteiger partial charge is 0.280 e. The largest absolute Gasteiger partial charge is 0.369 e. The number of rotatable bonds is 11. The number of nitrogens with two attached hydrogens (primary N) is 1. The van der Waals surface area contributed by atoms with E-state index in [1.165, 1.54) is 23.5 Å². The molecule has 0 amide bonds. The standard InChI is InChI=1S/C21H26FN9O9P2/c22-12-10(39-20(15(12)40-34)31-7-27-14-17(31)28-21(23)29-19(14)33)4-37-42-36-2-8-1-11(38-9(8)3-35-41)30-6-26-13-16(30)24-5-25-18(13)32/h5-12,15,20,34,42H,1-4,41H2,(H,24,25,32)(H3,23,28,29,33)/t8-,9-,10-,11-,12-,15-,20-/m1/s1. The minimum absolute atomic E-state index is 0.0367. The predicted octanol–water partition coefficient (Wildman–Crippen LogP) is 0.181. The van der Waals surface area contributed by atoms with Crippen LogP contribution in [0.25, 0.3) is 22.3 Å². The first-order valence-electron chi connectivity index (χ1n) is 12.6. The molecular weight excluding hydrogens is 603 g/mol. The van der Waals surface area contributed by atoms with Gasteiger partial charge < -0.3 is 33.8 Å². The number of hydrogen-bond acceptors (Lipinski definition) is 14. The number of ether oxygens (including phenoxy) is 2. The summed E-state index contributed by atoms with van der Waals surface area (Å²) in [6.07, 6.45) is -1.80. The summed E-state index contributed by atoms with van der Waals surface area (Å²) in [6.45, 7) is 0.299. The molecule has 2 fully saturated rings. The highest BCUT2D eigenvalue weighted by atomic mass is 31.1. The summed E-state index contributed by atoms with van der Waals surface area (Å²) in [5, 5.41) is 9.39. The molecule has 2 aliphatic rings. The van der Waals surface area contributed by atoms with E-state index < -0.39 is 45.4 Å². The zero-order chi connectivity index (χ0) is 29.4. The number of hydrogen-bond donors (Lipinski definition) is 4. The molecule has 0 spiro atoms. The lowest BCUT2D eigenvalue weighted by molar-refractivity contribution is -0.300. The summed E-state index contributed by atoms with van der Waals surface area (Å²) in [5.74, 6) is -0.267. The van der Waals surface area contributed by atoms with Gasteiger partial charge in [-0.25, -0.2) is 24.2 Å². The molecule has 4 aromatic rings. The van der Waals surface area contributed by atoms with Crippen molar-refractivity contribution in [2.45, 2.75) is 43.4 Å². The third-order valence-corrected chi connectivity index (χ3v) is 7.83. The highest BCUT2D eigenvalue weighted by Gasteiger charge is 2.48. The molecule has 0 aliphatic carbocycles.